The van der Waals surface area contributed by atoms with Crippen LogP contribution >= 0.6 is 0 Å². The third-order valence-corrected chi connectivity index (χ3v) is 4.69. The van der Waals surface area contributed by atoms with Gasteiger partial charge in [-0.05, 0) is 42.7 Å². The van der Waals surface area contributed by atoms with Crippen LogP contribution in [-0.4, -0.2) is 37.2 Å². The summed E-state index contributed by atoms with van der Waals surface area (Å²) in [6, 6.07) is 13.2. The molecule has 0 unspecified atom stereocenters. The maximum Gasteiger partial charge on any atom is 0.340 e. The zero-order chi connectivity index (χ0) is 18.7. The fraction of sp³-hybridized carbons (Fsp3) is 0.381. The number of nitrogens with zero attached hydrogens (tertiary/aromatic N) is 1. The molecule has 26 heavy (non-hydrogen) atoms. The van der Waals surface area contributed by atoms with Gasteiger partial charge in [0, 0.05) is 19.6 Å². The van der Waals surface area contributed by atoms with Gasteiger partial charge in [-0.25, -0.2) is 9.18 Å². The first-order chi connectivity index (χ1) is 12.5. The number of halogens is 1. The lowest BCUT2D eigenvalue weighted by Crippen LogP contribution is -2.42. The largest absolute Gasteiger partial charge is 0.465 e. The van der Waals surface area contributed by atoms with E-state index in [0.717, 1.165) is 24.2 Å². The molecule has 0 spiro atoms. The van der Waals surface area contributed by atoms with Crippen molar-refractivity contribution < 1.29 is 18.7 Å². The summed E-state index contributed by atoms with van der Waals surface area (Å²) in [5.41, 5.74) is 2.80. The number of ether oxygens (including phenoxy) is 2. The Labute approximate surface area is 153 Å². The molecular weight excluding hydrogens is 333 g/mol. The zero-order valence-corrected chi connectivity index (χ0v) is 15.4. The minimum atomic E-state index is -0.666. The highest BCUT2D eigenvalue weighted by atomic mass is 19.1. The predicted octanol–water partition coefficient (Wildman–Crippen LogP) is 3.88. The highest BCUT2D eigenvalue weighted by Crippen LogP contribution is 2.30. The van der Waals surface area contributed by atoms with Gasteiger partial charge in [-0.15, -0.1) is 0 Å². The topological polar surface area (TPSA) is 38.8 Å². The molecular formula is C21H24FNO3. The molecule has 0 amide bonds. The predicted molar refractivity (Wildman–Crippen MR) is 97.5 cm³/mol. The van der Waals surface area contributed by atoms with Crippen molar-refractivity contribution in [3.05, 3.63) is 70.5 Å². The highest BCUT2D eigenvalue weighted by molar-refractivity contribution is 5.90. The first-order valence-electron chi connectivity index (χ1n) is 8.78. The second-order valence-corrected chi connectivity index (χ2v) is 6.80. The van der Waals surface area contributed by atoms with Crippen molar-refractivity contribution in [2.75, 3.05) is 20.2 Å². The summed E-state index contributed by atoms with van der Waals surface area (Å²) in [5, 5.41) is 0. The van der Waals surface area contributed by atoms with Crippen LogP contribution in [0.2, 0.25) is 0 Å². The highest BCUT2D eigenvalue weighted by Gasteiger charge is 2.28. The quantitative estimate of drug-likeness (QED) is 0.779. The van der Waals surface area contributed by atoms with Gasteiger partial charge in [-0.2, -0.15) is 0 Å². The van der Waals surface area contributed by atoms with Crippen LogP contribution < -0.4 is 0 Å². The van der Waals surface area contributed by atoms with Gasteiger partial charge in [-0.1, -0.05) is 30.3 Å². The number of rotatable bonds is 4. The molecule has 1 aliphatic heterocycles. The minimum Gasteiger partial charge on any atom is -0.465 e. The van der Waals surface area contributed by atoms with Crippen molar-refractivity contribution in [3.8, 4) is 0 Å². The Kier molecular flexibility index (Phi) is 5.69. The molecule has 5 heteroatoms. The zero-order valence-electron chi connectivity index (χ0n) is 15.4. The number of carbonyl (C=O) groups excluding carboxylic acids is 1. The van der Waals surface area contributed by atoms with Crippen molar-refractivity contribution in [1.82, 2.24) is 4.90 Å². The van der Waals surface area contributed by atoms with E-state index in [9.17, 15) is 9.18 Å². The Morgan fingerprint density at radius 3 is 2.69 bits per heavy atom. The first-order valence-corrected chi connectivity index (χ1v) is 8.78. The van der Waals surface area contributed by atoms with Gasteiger partial charge in [0.05, 0.1) is 24.9 Å². The van der Waals surface area contributed by atoms with E-state index in [4.69, 9.17) is 4.74 Å². The fourth-order valence-electron chi connectivity index (χ4n) is 3.49. The van der Waals surface area contributed by atoms with Crippen LogP contribution in [0.25, 0.3) is 0 Å². The average Bonchev–Trinajstić information content (AvgIpc) is 2.63. The Morgan fingerprint density at radius 2 is 2.00 bits per heavy atom. The van der Waals surface area contributed by atoms with E-state index in [1.807, 2.05) is 32.0 Å². The Hall–Kier alpha value is -2.24. The van der Waals surface area contributed by atoms with Crippen LogP contribution in [0.5, 0.6) is 0 Å². The van der Waals surface area contributed by atoms with Crippen LogP contribution in [0.1, 0.15) is 40.1 Å². The molecule has 0 radical (unpaired) electrons. The van der Waals surface area contributed by atoms with Gasteiger partial charge in [0.1, 0.15) is 5.82 Å². The maximum absolute atomic E-state index is 14.4. The molecule has 3 rings (SSSR count). The van der Waals surface area contributed by atoms with Crippen LogP contribution in [0.3, 0.4) is 0 Å². The van der Waals surface area contributed by atoms with Gasteiger partial charge in [0.25, 0.3) is 0 Å². The number of hydrogen-bond acceptors (Lipinski definition) is 4. The average molecular weight is 357 g/mol. The number of esters is 1. The summed E-state index contributed by atoms with van der Waals surface area (Å²) >= 11 is 0. The van der Waals surface area contributed by atoms with E-state index in [2.05, 4.69) is 21.8 Å². The monoisotopic (exact) mass is 357 g/mol. The Balaban J connectivity index is 1.82. The lowest BCUT2D eigenvalue weighted by molar-refractivity contribution is -0.0817. The molecule has 2 aromatic rings. The van der Waals surface area contributed by atoms with Crippen molar-refractivity contribution >= 4 is 5.97 Å². The van der Waals surface area contributed by atoms with Crippen molar-refractivity contribution in [2.24, 2.45) is 0 Å². The number of morpholine rings is 1. The van der Waals surface area contributed by atoms with Gasteiger partial charge in [0.2, 0.25) is 0 Å². The van der Waals surface area contributed by atoms with Crippen LogP contribution in [0, 0.1) is 12.7 Å². The molecule has 2 atom stereocenters. The fourth-order valence-corrected chi connectivity index (χ4v) is 3.49. The number of aryl methyl sites for hydroxylation is 1. The Bertz CT molecular complexity index is 778. The van der Waals surface area contributed by atoms with Crippen molar-refractivity contribution in [2.45, 2.75) is 32.6 Å². The second kappa shape index (κ2) is 7.98. The summed E-state index contributed by atoms with van der Waals surface area (Å²) in [6.45, 7) is 6.22. The number of methoxy groups -OCH3 is 1. The third-order valence-electron chi connectivity index (χ3n) is 4.69. The van der Waals surface area contributed by atoms with Gasteiger partial charge < -0.3 is 9.47 Å². The van der Waals surface area contributed by atoms with Gasteiger partial charge in [0.15, 0.2) is 0 Å². The molecule has 0 aliphatic carbocycles. The molecule has 1 heterocycles. The molecule has 0 bridgehead atoms. The normalized spacial score (nSPS) is 20.8. The molecule has 4 nitrogen and oxygen atoms in total. The van der Waals surface area contributed by atoms with E-state index in [1.54, 1.807) is 6.07 Å². The van der Waals surface area contributed by atoms with E-state index >= 15 is 0 Å². The van der Waals surface area contributed by atoms with Gasteiger partial charge in [-0.3, -0.25) is 4.90 Å². The summed E-state index contributed by atoms with van der Waals surface area (Å²) in [5.74, 6) is -1.24. The molecule has 138 valence electrons. The molecule has 1 saturated heterocycles. The first kappa shape index (κ1) is 18.5. The van der Waals surface area contributed by atoms with E-state index in [1.165, 1.54) is 18.7 Å². The lowest BCUT2D eigenvalue weighted by atomic mass is 9.98. The molecule has 1 aliphatic rings. The SMILES string of the molecule is COC(=O)c1cc(C)c([C@@H]2CN(Cc3ccccc3)C[C@H](C)O2)cc1F. The second-order valence-electron chi connectivity index (χ2n) is 6.80. The molecule has 0 aromatic heterocycles. The van der Waals surface area contributed by atoms with Crippen molar-refractivity contribution in [3.63, 3.8) is 0 Å². The van der Waals surface area contributed by atoms with Gasteiger partial charge >= 0.3 is 5.97 Å². The Morgan fingerprint density at radius 1 is 1.27 bits per heavy atom. The standard InChI is InChI=1S/C21H24FNO3/c1-14-9-18(21(24)25-3)19(22)10-17(14)20-13-23(11-15(2)26-20)12-16-7-5-4-6-8-16/h4-10,15,20H,11-13H2,1-3H3/t15-,20-/m0/s1. The summed E-state index contributed by atoms with van der Waals surface area (Å²) in [6.07, 6.45) is -0.191. The third kappa shape index (κ3) is 4.11. The summed E-state index contributed by atoms with van der Waals surface area (Å²) in [7, 11) is 1.25. The molecule has 1 fully saturated rings. The molecule has 0 saturated carbocycles. The molecule has 2 aromatic carbocycles. The lowest BCUT2D eigenvalue weighted by Gasteiger charge is -2.37. The number of hydrogen-bond donors (Lipinski definition) is 0. The van der Waals surface area contributed by atoms with Crippen LogP contribution in [0.15, 0.2) is 42.5 Å². The summed E-state index contributed by atoms with van der Waals surface area (Å²) in [4.78, 5) is 14.0. The van der Waals surface area contributed by atoms with Crippen LogP contribution in [-0.2, 0) is 16.0 Å². The number of benzene rings is 2. The van der Waals surface area contributed by atoms with E-state index < -0.39 is 11.8 Å². The van der Waals surface area contributed by atoms with E-state index in [0.29, 0.717) is 6.54 Å². The maximum atomic E-state index is 14.4. The van der Waals surface area contributed by atoms with Crippen molar-refractivity contribution in [1.29, 1.82) is 0 Å². The summed E-state index contributed by atoms with van der Waals surface area (Å²) < 4.78 is 25.1. The minimum absolute atomic E-state index is 0.0419. The van der Waals surface area contributed by atoms with E-state index in [-0.39, 0.29) is 17.8 Å². The number of carbonyl (C=O) groups is 1. The smallest absolute Gasteiger partial charge is 0.340 e. The molecule has 0 N–H and O–H groups in total. The van der Waals surface area contributed by atoms with Crippen LogP contribution in [0.4, 0.5) is 4.39 Å².